The number of halogens is 3. The van der Waals surface area contributed by atoms with Gasteiger partial charge >= 0.3 is 0 Å². The lowest BCUT2D eigenvalue weighted by Gasteiger charge is -2.45. The Morgan fingerprint density at radius 3 is 2.49 bits per heavy atom. The van der Waals surface area contributed by atoms with Gasteiger partial charge in [0.25, 0.3) is 0 Å². The molecule has 234 valence electrons. The molecule has 0 aromatic rings. The quantitative estimate of drug-likeness (QED) is 0.209. The maximum Gasteiger partial charge on any atom is 0.245 e. The van der Waals surface area contributed by atoms with Gasteiger partial charge in [0.05, 0.1) is 29.5 Å². The Morgan fingerprint density at radius 2 is 1.80 bits per heavy atom. The van der Waals surface area contributed by atoms with E-state index in [4.69, 9.17) is 21.1 Å². The number of alkyl halides is 3. The molecular formula is C27H45ClF2N6O4S. The number of carbonyl (C=O) groups excluding carboxylic acids is 2. The highest BCUT2D eigenvalue weighted by Crippen LogP contribution is 2.39. The summed E-state index contributed by atoms with van der Waals surface area (Å²) in [6.45, 7) is 6.33. The number of likely N-dealkylation sites (tertiary alicyclic amines) is 1. The van der Waals surface area contributed by atoms with Gasteiger partial charge in [-0.15, -0.1) is 23.4 Å². The minimum atomic E-state index is -2.51. The number of rotatable bonds is 7. The Labute approximate surface area is 250 Å². The number of ether oxygens (including phenoxy) is 2. The van der Waals surface area contributed by atoms with E-state index in [0.717, 1.165) is 12.8 Å². The van der Waals surface area contributed by atoms with Crippen LogP contribution in [0.15, 0.2) is 0 Å². The van der Waals surface area contributed by atoms with E-state index >= 15 is 0 Å². The fraction of sp³-hybridized carbons (Fsp3) is 0.926. The van der Waals surface area contributed by atoms with Gasteiger partial charge in [-0.3, -0.25) is 25.5 Å². The van der Waals surface area contributed by atoms with Gasteiger partial charge in [0.1, 0.15) is 11.7 Å². The Hall–Kier alpha value is -0.800. The van der Waals surface area contributed by atoms with Crippen molar-refractivity contribution in [3.05, 3.63) is 0 Å². The minimum Gasteiger partial charge on any atom is -0.380 e. The largest absolute Gasteiger partial charge is 0.380 e. The van der Waals surface area contributed by atoms with Crippen molar-refractivity contribution in [2.24, 2.45) is 29.6 Å². The normalized spacial score (nSPS) is 45.1. The van der Waals surface area contributed by atoms with Crippen LogP contribution in [0, 0.1) is 29.6 Å². The summed E-state index contributed by atoms with van der Waals surface area (Å²) in [5.41, 5.74) is -0.367. The first kappa shape index (κ1) is 31.6. The highest BCUT2D eigenvalue weighted by Gasteiger charge is 2.49. The number of nitrogens with zero attached hydrogens (tertiary/aromatic N) is 1. The van der Waals surface area contributed by atoms with Crippen LogP contribution >= 0.6 is 23.4 Å². The molecule has 0 aliphatic carbocycles. The second-order valence-electron chi connectivity index (χ2n) is 12.5. The molecule has 14 heteroatoms. The van der Waals surface area contributed by atoms with Crippen LogP contribution in [-0.2, 0) is 19.1 Å². The molecule has 10 nitrogen and oxygen atoms in total. The standard InChI is InChI=1S/C27H45ClF2N6O4S/c1-12-5-16(23(29)30)25(40-4)34-22(12)26(38)36-10-18-20(11-36)41-27(33-18)35-24(37)17-8-31-13(2)6-14(17)15-7-21(28)32-9-19(15)39-3/h12-23,25,27,31-34H,5-11H2,1-4H3,(H,35,37). The molecule has 5 fully saturated rings. The third-order valence-electron chi connectivity index (χ3n) is 9.83. The molecule has 5 aliphatic rings. The number of hydrogen-bond donors (Lipinski definition) is 5. The van der Waals surface area contributed by atoms with Crippen molar-refractivity contribution in [3.8, 4) is 0 Å². The maximum atomic E-state index is 13.6. The maximum absolute atomic E-state index is 13.6. The molecule has 0 radical (unpaired) electrons. The third-order valence-corrected chi connectivity index (χ3v) is 11.5. The summed E-state index contributed by atoms with van der Waals surface area (Å²) in [5.74, 6) is -1.07. The molecule has 0 saturated carbocycles. The molecule has 0 aromatic carbocycles. The molecule has 5 aliphatic heterocycles. The molecular weight excluding hydrogens is 578 g/mol. The Morgan fingerprint density at radius 1 is 1.02 bits per heavy atom. The third kappa shape index (κ3) is 6.82. The van der Waals surface area contributed by atoms with Gasteiger partial charge in [-0.05, 0) is 43.9 Å². The van der Waals surface area contributed by atoms with E-state index in [0.29, 0.717) is 32.2 Å². The van der Waals surface area contributed by atoms with Crippen molar-refractivity contribution in [2.75, 3.05) is 40.4 Å². The number of thioether (sulfide) groups is 1. The molecule has 5 saturated heterocycles. The first-order valence-electron chi connectivity index (χ1n) is 14.8. The van der Waals surface area contributed by atoms with Crippen LogP contribution < -0.4 is 26.6 Å². The number of carbonyl (C=O) groups is 2. The zero-order valence-corrected chi connectivity index (χ0v) is 25.7. The second-order valence-corrected chi connectivity index (χ2v) is 14.3. The van der Waals surface area contributed by atoms with Crippen LogP contribution in [-0.4, -0.2) is 110 Å². The van der Waals surface area contributed by atoms with Crippen molar-refractivity contribution < 1.29 is 27.8 Å². The van der Waals surface area contributed by atoms with Crippen LogP contribution in [0.4, 0.5) is 8.78 Å². The van der Waals surface area contributed by atoms with Gasteiger partial charge < -0.3 is 25.0 Å². The van der Waals surface area contributed by atoms with E-state index < -0.39 is 24.6 Å². The average Bonchev–Trinajstić information content (AvgIpc) is 3.51. The lowest BCUT2D eigenvalue weighted by atomic mass is 9.70. The van der Waals surface area contributed by atoms with Gasteiger partial charge in [0.15, 0.2) is 0 Å². The lowest BCUT2D eigenvalue weighted by molar-refractivity contribution is -0.142. The van der Waals surface area contributed by atoms with Crippen molar-refractivity contribution in [2.45, 2.75) is 86.2 Å². The molecule has 5 N–H and O–H groups in total. The molecule has 41 heavy (non-hydrogen) atoms. The molecule has 13 unspecified atom stereocenters. The highest BCUT2D eigenvalue weighted by molar-refractivity contribution is 8.00. The number of fused-ring (bicyclic) bond motifs is 1. The summed E-state index contributed by atoms with van der Waals surface area (Å²) in [5, 5.41) is 16.7. The monoisotopic (exact) mass is 622 g/mol. The number of amides is 2. The molecule has 0 spiro atoms. The molecule has 13 atom stereocenters. The van der Waals surface area contributed by atoms with Crippen LogP contribution in [0.5, 0.6) is 0 Å². The second kappa shape index (κ2) is 13.5. The molecule has 0 bridgehead atoms. The van der Waals surface area contributed by atoms with Crippen LogP contribution in [0.1, 0.15) is 33.1 Å². The Bertz CT molecular complexity index is 930. The topological polar surface area (TPSA) is 116 Å². The van der Waals surface area contributed by atoms with E-state index in [1.165, 1.54) is 7.11 Å². The smallest absolute Gasteiger partial charge is 0.245 e. The van der Waals surface area contributed by atoms with E-state index in [1.807, 2.05) is 11.8 Å². The van der Waals surface area contributed by atoms with Crippen molar-refractivity contribution in [1.82, 2.24) is 31.5 Å². The summed E-state index contributed by atoms with van der Waals surface area (Å²) < 4.78 is 38.0. The predicted molar refractivity (Wildman–Crippen MR) is 153 cm³/mol. The fourth-order valence-electron chi connectivity index (χ4n) is 7.59. The molecule has 5 rings (SSSR count). The predicted octanol–water partition coefficient (Wildman–Crippen LogP) is 0.957. The SMILES string of the molecule is COC1CNC(Cl)CC1C1CC(C)NCC1C(=O)NC1NC2CN(C(=O)C3NC(OC)C(C(F)F)CC3C)CC2S1. The number of nitrogens with one attached hydrogen (secondary N) is 5. The van der Waals surface area contributed by atoms with Crippen LogP contribution in [0.25, 0.3) is 0 Å². The van der Waals surface area contributed by atoms with Gasteiger partial charge in [-0.1, -0.05) is 6.92 Å². The fourth-order valence-corrected chi connectivity index (χ4v) is 9.29. The van der Waals surface area contributed by atoms with Crippen LogP contribution in [0.2, 0.25) is 0 Å². The van der Waals surface area contributed by atoms with Gasteiger partial charge in [0.2, 0.25) is 18.2 Å². The van der Waals surface area contributed by atoms with Gasteiger partial charge in [0, 0.05) is 57.7 Å². The van der Waals surface area contributed by atoms with Gasteiger partial charge in [-0.25, -0.2) is 8.78 Å². The molecule has 5 heterocycles. The van der Waals surface area contributed by atoms with Gasteiger partial charge in [-0.2, -0.15) is 0 Å². The average molecular weight is 623 g/mol. The number of methoxy groups -OCH3 is 2. The number of piperidine rings is 3. The summed E-state index contributed by atoms with van der Waals surface area (Å²) in [6, 6.07) is -0.209. The first-order chi connectivity index (χ1) is 19.6. The number of hydrogen-bond acceptors (Lipinski definition) is 9. The van der Waals surface area contributed by atoms with E-state index in [1.54, 1.807) is 18.9 Å². The highest BCUT2D eigenvalue weighted by atomic mass is 35.5. The summed E-state index contributed by atoms with van der Waals surface area (Å²) in [6.07, 6.45) is -1.48. The van der Waals surface area contributed by atoms with E-state index in [2.05, 4.69) is 33.5 Å². The first-order valence-corrected chi connectivity index (χ1v) is 16.2. The summed E-state index contributed by atoms with van der Waals surface area (Å²) in [4.78, 5) is 28.9. The van der Waals surface area contributed by atoms with E-state index in [-0.39, 0.29) is 70.3 Å². The summed E-state index contributed by atoms with van der Waals surface area (Å²) >= 11 is 8.11. The van der Waals surface area contributed by atoms with E-state index in [9.17, 15) is 18.4 Å². The molecule has 0 aromatic heterocycles. The Balaban J connectivity index is 1.15. The minimum absolute atomic E-state index is 0.0132. The lowest BCUT2D eigenvalue weighted by Crippen LogP contribution is -2.60. The zero-order valence-electron chi connectivity index (χ0n) is 24.2. The van der Waals surface area contributed by atoms with Crippen molar-refractivity contribution in [1.29, 1.82) is 0 Å². The van der Waals surface area contributed by atoms with Crippen molar-refractivity contribution in [3.63, 3.8) is 0 Å². The van der Waals surface area contributed by atoms with Crippen molar-refractivity contribution >= 4 is 35.2 Å². The zero-order chi connectivity index (χ0) is 29.4. The van der Waals surface area contributed by atoms with Crippen LogP contribution in [0.3, 0.4) is 0 Å². The summed E-state index contributed by atoms with van der Waals surface area (Å²) in [7, 11) is 3.11. The Kier molecular flexibility index (Phi) is 10.4. The molecule has 2 amide bonds.